The van der Waals surface area contributed by atoms with Crippen molar-refractivity contribution in [2.45, 2.75) is 148 Å². The molecule has 0 N–H and O–H groups in total. The lowest BCUT2D eigenvalue weighted by atomic mass is 10.1. The van der Waals surface area contributed by atoms with Crippen molar-refractivity contribution in [3.8, 4) is 0 Å². The number of hydrogen-bond acceptors (Lipinski definition) is 7. The highest BCUT2D eigenvalue weighted by atomic mass is 31.2. The molecule has 0 radical (unpaired) electrons. The summed E-state index contributed by atoms with van der Waals surface area (Å²) in [4.78, 5) is 24.8. The molecule has 2 unspecified atom stereocenters. The van der Waals surface area contributed by atoms with E-state index in [1.807, 2.05) is 21.1 Å². The van der Waals surface area contributed by atoms with Crippen LogP contribution in [0.2, 0.25) is 0 Å². The Morgan fingerprint density at radius 2 is 1.23 bits per heavy atom. The van der Waals surface area contributed by atoms with Crippen LogP contribution in [0.4, 0.5) is 0 Å². The highest BCUT2D eigenvalue weighted by Gasteiger charge is 2.20. The van der Waals surface area contributed by atoms with Gasteiger partial charge in [0.25, 0.3) is 7.82 Å². The number of likely N-dealkylation sites (N-methyl/N-ethyl adjacent to an activating group) is 1. The molecule has 0 saturated heterocycles. The summed E-state index contributed by atoms with van der Waals surface area (Å²) >= 11 is 0. The maximum Gasteiger partial charge on any atom is 0.306 e. The van der Waals surface area contributed by atoms with Crippen LogP contribution in [-0.4, -0.2) is 70.7 Å². The number of carbonyl (C=O) groups excluding carboxylic acids is 1. The van der Waals surface area contributed by atoms with Crippen LogP contribution in [0.15, 0.2) is 12.2 Å². The molecule has 0 aliphatic rings. The average molecular weight is 634 g/mol. The number of nitrogens with zero attached hydrogens (tertiary/aromatic N) is 1. The fraction of sp³-hybridized carbons (Fsp3) is 0.912. The van der Waals surface area contributed by atoms with E-state index < -0.39 is 13.9 Å². The molecule has 0 aliphatic heterocycles. The summed E-state index contributed by atoms with van der Waals surface area (Å²) in [7, 11) is 1.35. The van der Waals surface area contributed by atoms with Gasteiger partial charge in [0, 0.05) is 13.0 Å². The van der Waals surface area contributed by atoms with Crippen molar-refractivity contribution in [2.75, 3.05) is 54.1 Å². The first-order valence-corrected chi connectivity index (χ1v) is 18.9. The smallest absolute Gasteiger partial charge is 0.306 e. The SMILES string of the molecule is CCCC/C=C\CCCCCCCC(=O)OC(COCCCCCCCCCCCC)COP(=O)([O-])OCC[N+](C)(C)C. The van der Waals surface area contributed by atoms with E-state index in [0.29, 0.717) is 24.1 Å². The second kappa shape index (κ2) is 28.7. The number of phosphoric ester groups is 1. The summed E-state index contributed by atoms with van der Waals surface area (Å²) in [5.41, 5.74) is 0. The summed E-state index contributed by atoms with van der Waals surface area (Å²) in [5.74, 6) is -0.346. The van der Waals surface area contributed by atoms with Crippen molar-refractivity contribution in [3.63, 3.8) is 0 Å². The molecule has 0 amide bonds. The molecule has 9 heteroatoms. The largest absolute Gasteiger partial charge is 0.756 e. The van der Waals surface area contributed by atoms with Crippen molar-refractivity contribution >= 4 is 13.8 Å². The van der Waals surface area contributed by atoms with E-state index >= 15 is 0 Å². The molecule has 0 rings (SSSR count). The summed E-state index contributed by atoms with van der Waals surface area (Å²) in [5, 5.41) is 0. The van der Waals surface area contributed by atoms with E-state index in [1.54, 1.807) is 0 Å². The van der Waals surface area contributed by atoms with Crippen molar-refractivity contribution in [3.05, 3.63) is 12.2 Å². The number of phosphoric acid groups is 1. The lowest BCUT2D eigenvalue weighted by Crippen LogP contribution is -2.37. The predicted molar refractivity (Wildman–Crippen MR) is 176 cm³/mol. The molecule has 0 bridgehead atoms. The number of carbonyl (C=O) groups is 1. The van der Waals surface area contributed by atoms with Gasteiger partial charge in [0.15, 0.2) is 0 Å². The monoisotopic (exact) mass is 633 g/mol. The topological polar surface area (TPSA) is 94.1 Å². The minimum Gasteiger partial charge on any atom is -0.756 e. The van der Waals surface area contributed by atoms with Crippen LogP contribution in [-0.2, 0) is 27.9 Å². The Morgan fingerprint density at radius 1 is 0.698 bits per heavy atom. The quantitative estimate of drug-likeness (QED) is 0.0241. The number of esters is 1. The van der Waals surface area contributed by atoms with Gasteiger partial charge in [0.05, 0.1) is 34.4 Å². The molecule has 0 aromatic rings. The maximum absolute atomic E-state index is 12.5. The Hall–Kier alpha value is -0.760. The van der Waals surface area contributed by atoms with E-state index in [1.165, 1.54) is 77.0 Å². The highest BCUT2D eigenvalue weighted by Crippen LogP contribution is 2.38. The fourth-order valence-corrected chi connectivity index (χ4v) is 5.25. The number of quaternary nitrogens is 1. The Balaban J connectivity index is 4.36. The normalized spacial score (nSPS) is 14.3. The number of rotatable bonds is 32. The molecular weight excluding hydrogens is 565 g/mol. The van der Waals surface area contributed by atoms with E-state index in [0.717, 1.165) is 44.9 Å². The zero-order chi connectivity index (χ0) is 32.1. The van der Waals surface area contributed by atoms with Crippen LogP contribution in [0.3, 0.4) is 0 Å². The molecule has 0 aromatic carbocycles. The molecule has 0 aliphatic carbocycles. The third-order valence-electron chi connectivity index (χ3n) is 7.32. The van der Waals surface area contributed by atoms with E-state index in [2.05, 4.69) is 26.0 Å². The van der Waals surface area contributed by atoms with Gasteiger partial charge in [0.1, 0.15) is 19.3 Å². The van der Waals surface area contributed by atoms with Gasteiger partial charge < -0.3 is 27.9 Å². The van der Waals surface area contributed by atoms with E-state index in [4.69, 9.17) is 18.5 Å². The van der Waals surface area contributed by atoms with Crippen LogP contribution >= 0.6 is 7.82 Å². The predicted octanol–water partition coefficient (Wildman–Crippen LogP) is 8.52. The lowest BCUT2D eigenvalue weighted by Gasteiger charge is -2.28. The fourth-order valence-electron chi connectivity index (χ4n) is 4.53. The van der Waals surface area contributed by atoms with Gasteiger partial charge in [-0.3, -0.25) is 9.36 Å². The van der Waals surface area contributed by atoms with Crippen LogP contribution in [0, 0.1) is 0 Å². The highest BCUT2D eigenvalue weighted by molar-refractivity contribution is 7.45. The minimum atomic E-state index is -4.51. The Labute approximate surface area is 265 Å². The molecule has 0 aromatic heterocycles. The molecular formula is C34H68NO7P. The van der Waals surface area contributed by atoms with Gasteiger partial charge >= 0.3 is 5.97 Å². The second-order valence-electron chi connectivity index (χ2n) is 12.9. The van der Waals surface area contributed by atoms with Gasteiger partial charge in [-0.2, -0.15) is 0 Å². The Morgan fingerprint density at radius 3 is 1.84 bits per heavy atom. The van der Waals surface area contributed by atoms with Crippen molar-refractivity contribution < 1.29 is 37.3 Å². The van der Waals surface area contributed by atoms with Crippen LogP contribution in [0.25, 0.3) is 0 Å². The molecule has 43 heavy (non-hydrogen) atoms. The molecule has 0 fully saturated rings. The first kappa shape index (κ1) is 42.2. The van der Waals surface area contributed by atoms with Gasteiger partial charge in [0.2, 0.25) is 0 Å². The Bertz CT molecular complexity index is 711. The van der Waals surface area contributed by atoms with Crippen LogP contribution in [0.5, 0.6) is 0 Å². The standard InChI is InChI=1S/C34H68NO7P/c1-6-8-10-12-14-16-18-19-21-23-25-27-34(36)42-33(32-41-43(37,38)40-30-28-35(3,4)5)31-39-29-26-24-22-20-17-15-13-11-9-7-2/h12,14,33H,6-11,13,15-32H2,1-5H3/b14-12-. The molecule has 8 nitrogen and oxygen atoms in total. The molecule has 0 spiro atoms. The van der Waals surface area contributed by atoms with Crippen LogP contribution < -0.4 is 4.89 Å². The average Bonchev–Trinajstić information content (AvgIpc) is 2.94. The molecule has 256 valence electrons. The number of hydrogen-bond donors (Lipinski definition) is 0. The third kappa shape index (κ3) is 32.4. The lowest BCUT2D eigenvalue weighted by molar-refractivity contribution is -0.870. The van der Waals surface area contributed by atoms with Crippen LogP contribution in [0.1, 0.15) is 142 Å². The maximum atomic E-state index is 12.5. The Kier molecular flexibility index (Phi) is 28.2. The summed E-state index contributed by atoms with van der Waals surface area (Å²) < 4.78 is 34.3. The zero-order valence-electron chi connectivity index (χ0n) is 28.7. The summed E-state index contributed by atoms with van der Waals surface area (Å²) in [6.45, 7) is 5.35. The molecule has 0 saturated carbocycles. The van der Waals surface area contributed by atoms with Crippen molar-refractivity contribution in [1.29, 1.82) is 0 Å². The molecule has 0 heterocycles. The first-order valence-electron chi connectivity index (χ1n) is 17.4. The number of ether oxygens (including phenoxy) is 2. The second-order valence-corrected chi connectivity index (χ2v) is 14.3. The third-order valence-corrected chi connectivity index (χ3v) is 8.28. The summed E-state index contributed by atoms with van der Waals surface area (Å²) in [6.07, 6.45) is 26.4. The van der Waals surface area contributed by atoms with Crippen molar-refractivity contribution in [2.24, 2.45) is 0 Å². The van der Waals surface area contributed by atoms with Gasteiger partial charge in [-0.05, 0) is 32.1 Å². The first-order chi connectivity index (χ1) is 20.6. The zero-order valence-corrected chi connectivity index (χ0v) is 29.6. The van der Waals surface area contributed by atoms with Crippen molar-refractivity contribution in [1.82, 2.24) is 0 Å². The number of allylic oxidation sites excluding steroid dienone is 2. The summed E-state index contributed by atoms with van der Waals surface area (Å²) in [6, 6.07) is 0. The van der Waals surface area contributed by atoms with E-state index in [9.17, 15) is 14.3 Å². The number of unbranched alkanes of at least 4 members (excludes halogenated alkanes) is 16. The van der Waals surface area contributed by atoms with Gasteiger partial charge in [-0.1, -0.05) is 116 Å². The van der Waals surface area contributed by atoms with E-state index in [-0.39, 0.29) is 25.8 Å². The van der Waals surface area contributed by atoms with Gasteiger partial charge in [-0.25, -0.2) is 0 Å². The van der Waals surface area contributed by atoms with Gasteiger partial charge in [-0.15, -0.1) is 0 Å². The molecule has 2 atom stereocenters. The minimum absolute atomic E-state index is 0.0269.